The molecule has 4 N–H and O–H groups in total. The van der Waals surface area contributed by atoms with Crippen LogP contribution >= 0.6 is 0 Å². The fourth-order valence-electron chi connectivity index (χ4n) is 4.05. The lowest BCUT2D eigenvalue weighted by molar-refractivity contribution is -0.123. The Balaban J connectivity index is 1.77. The van der Waals surface area contributed by atoms with Crippen LogP contribution < -0.4 is 16.2 Å². The van der Waals surface area contributed by atoms with E-state index in [4.69, 9.17) is 0 Å². The van der Waals surface area contributed by atoms with Crippen LogP contribution in [-0.4, -0.2) is 67.6 Å². The molecule has 0 saturated carbocycles. The minimum absolute atomic E-state index is 0.0188. The molecule has 3 rings (SSSR count). The van der Waals surface area contributed by atoms with Gasteiger partial charge in [-0.1, -0.05) is 19.9 Å². The maximum absolute atomic E-state index is 13.2. The third-order valence-electron chi connectivity index (χ3n) is 5.88. The van der Waals surface area contributed by atoms with E-state index in [1.165, 1.54) is 21.6 Å². The molecule has 1 atom stereocenters. The maximum atomic E-state index is 13.2. The number of carboxylic acid groups (broad SMARTS) is 1. The van der Waals surface area contributed by atoms with Gasteiger partial charge in [0.05, 0.1) is 23.3 Å². The predicted octanol–water partition coefficient (Wildman–Crippen LogP) is 2.67. The molecule has 0 bridgehead atoms. The van der Waals surface area contributed by atoms with Crippen LogP contribution in [0, 0.1) is 12.8 Å². The average molecular weight is 538 g/mol. The monoisotopic (exact) mass is 537 g/mol. The Bertz CT molecular complexity index is 1440. The van der Waals surface area contributed by atoms with E-state index in [-0.39, 0.29) is 31.0 Å². The van der Waals surface area contributed by atoms with Gasteiger partial charge in [-0.05, 0) is 56.4 Å². The summed E-state index contributed by atoms with van der Waals surface area (Å²) in [6.45, 7) is 6.29. The van der Waals surface area contributed by atoms with Crippen LogP contribution in [0.1, 0.15) is 43.9 Å². The van der Waals surface area contributed by atoms with Crippen molar-refractivity contribution < 1.29 is 19.5 Å². The molecule has 12 nitrogen and oxygen atoms in total. The number of aryl methyl sites for hydroxylation is 1. The number of aromatic nitrogens is 4. The molecular formula is C27H35N7O5. The molecule has 3 aromatic rings. The van der Waals surface area contributed by atoms with Crippen molar-refractivity contribution in [3.05, 3.63) is 64.1 Å². The van der Waals surface area contributed by atoms with E-state index in [1.54, 1.807) is 32.4 Å². The first kappa shape index (κ1) is 29.1. The standard InChI is InChI=1S/C27H35N7O5/c1-16(2)13-21-24-22(29-17(3)28-21)14-18(30-24)15-34-12-8-10-20(26(34)37)31-25(36)19(32-27(38)39)9-6-7-11-23(35)33(4)5/h7-8,10-12,14,16,19,30,32H,6,9,13,15H2,1-5H3,(H,31,36)(H,38,39). The highest BCUT2D eigenvalue weighted by Gasteiger charge is 2.21. The summed E-state index contributed by atoms with van der Waals surface area (Å²) >= 11 is 0. The number of likely N-dealkylation sites (N-methyl/N-ethyl adjacent to an activating group) is 1. The molecule has 0 aliphatic carbocycles. The molecule has 3 heterocycles. The van der Waals surface area contributed by atoms with E-state index in [9.17, 15) is 24.3 Å². The van der Waals surface area contributed by atoms with Gasteiger partial charge in [0.15, 0.2) is 0 Å². The largest absolute Gasteiger partial charge is 0.465 e. The number of pyridine rings is 1. The van der Waals surface area contributed by atoms with Crippen molar-refractivity contribution >= 4 is 34.6 Å². The maximum Gasteiger partial charge on any atom is 0.405 e. The Hall–Kier alpha value is -4.48. The second-order valence-electron chi connectivity index (χ2n) is 9.93. The van der Waals surface area contributed by atoms with Crippen molar-refractivity contribution in [1.82, 2.24) is 29.7 Å². The van der Waals surface area contributed by atoms with Crippen molar-refractivity contribution in [2.75, 3.05) is 19.4 Å². The summed E-state index contributed by atoms with van der Waals surface area (Å²) in [7, 11) is 3.22. The number of nitrogens with zero attached hydrogens (tertiary/aromatic N) is 4. The molecule has 0 aliphatic heterocycles. The second-order valence-corrected chi connectivity index (χ2v) is 9.93. The number of allylic oxidation sites excluding steroid dienone is 1. The Labute approximate surface area is 226 Å². The van der Waals surface area contributed by atoms with Crippen molar-refractivity contribution in [2.24, 2.45) is 5.92 Å². The average Bonchev–Trinajstić information content (AvgIpc) is 3.25. The Morgan fingerprint density at radius 1 is 1.23 bits per heavy atom. The van der Waals surface area contributed by atoms with Gasteiger partial charge < -0.3 is 30.2 Å². The third-order valence-corrected chi connectivity index (χ3v) is 5.88. The van der Waals surface area contributed by atoms with Crippen LogP contribution in [0.3, 0.4) is 0 Å². The topological polar surface area (TPSA) is 162 Å². The fourth-order valence-corrected chi connectivity index (χ4v) is 4.05. The Morgan fingerprint density at radius 3 is 2.64 bits per heavy atom. The summed E-state index contributed by atoms with van der Waals surface area (Å²) < 4.78 is 1.44. The summed E-state index contributed by atoms with van der Waals surface area (Å²) in [6.07, 6.45) is 4.32. The lowest BCUT2D eigenvalue weighted by atomic mass is 10.1. The summed E-state index contributed by atoms with van der Waals surface area (Å²) in [6, 6.07) is 3.85. The minimum atomic E-state index is -1.37. The third kappa shape index (κ3) is 8.00. The number of H-pyrrole nitrogens is 1. The van der Waals surface area contributed by atoms with Crippen molar-refractivity contribution in [1.29, 1.82) is 0 Å². The van der Waals surface area contributed by atoms with Crippen LogP contribution in [0.4, 0.5) is 10.5 Å². The van der Waals surface area contributed by atoms with Gasteiger partial charge in [-0.3, -0.25) is 14.4 Å². The highest BCUT2D eigenvalue weighted by atomic mass is 16.4. The van der Waals surface area contributed by atoms with Gasteiger partial charge >= 0.3 is 6.09 Å². The van der Waals surface area contributed by atoms with Gasteiger partial charge in [-0.25, -0.2) is 14.8 Å². The van der Waals surface area contributed by atoms with E-state index < -0.39 is 23.6 Å². The predicted molar refractivity (Wildman–Crippen MR) is 148 cm³/mol. The zero-order valence-electron chi connectivity index (χ0n) is 22.8. The van der Waals surface area contributed by atoms with Gasteiger partial charge in [-0.2, -0.15) is 0 Å². The number of hydrogen-bond donors (Lipinski definition) is 4. The SMILES string of the molecule is Cc1nc(CC(C)C)c2[nH]c(Cn3cccc(NC(=O)C(CCC=CC(=O)N(C)C)NC(=O)O)c3=O)cc2n1. The smallest absolute Gasteiger partial charge is 0.405 e. The molecule has 12 heteroatoms. The molecule has 0 radical (unpaired) electrons. The molecular weight excluding hydrogens is 502 g/mol. The molecule has 0 spiro atoms. The van der Waals surface area contributed by atoms with Crippen LogP contribution in [0.2, 0.25) is 0 Å². The van der Waals surface area contributed by atoms with E-state index in [1.807, 2.05) is 13.0 Å². The summed E-state index contributed by atoms with van der Waals surface area (Å²) in [5.41, 5.74) is 2.86. The van der Waals surface area contributed by atoms with Crippen LogP contribution in [0.25, 0.3) is 11.0 Å². The minimum Gasteiger partial charge on any atom is -0.465 e. The molecule has 0 aromatic carbocycles. The molecule has 1 unspecified atom stereocenters. The summed E-state index contributed by atoms with van der Waals surface area (Å²) in [5.74, 6) is 0.192. The first-order chi connectivity index (χ1) is 18.4. The number of amides is 3. The van der Waals surface area contributed by atoms with Gasteiger partial charge in [0.1, 0.15) is 17.6 Å². The molecule has 39 heavy (non-hydrogen) atoms. The number of nitrogens with one attached hydrogen (secondary N) is 3. The number of carbonyl (C=O) groups excluding carboxylic acids is 2. The number of carbonyl (C=O) groups is 3. The normalized spacial score (nSPS) is 12.2. The number of hydrogen-bond acceptors (Lipinski definition) is 6. The van der Waals surface area contributed by atoms with Crippen LogP contribution in [-0.2, 0) is 22.6 Å². The number of anilines is 1. The molecule has 0 saturated heterocycles. The van der Waals surface area contributed by atoms with Crippen molar-refractivity contribution in [3.8, 4) is 0 Å². The molecule has 0 fully saturated rings. The van der Waals surface area contributed by atoms with E-state index >= 15 is 0 Å². The number of fused-ring (bicyclic) bond motifs is 1. The highest BCUT2D eigenvalue weighted by Crippen LogP contribution is 2.20. The van der Waals surface area contributed by atoms with Crippen molar-refractivity contribution in [2.45, 2.75) is 52.6 Å². The van der Waals surface area contributed by atoms with Gasteiger partial charge in [0.25, 0.3) is 5.56 Å². The molecule has 0 aliphatic rings. The first-order valence-corrected chi connectivity index (χ1v) is 12.7. The first-order valence-electron chi connectivity index (χ1n) is 12.7. The van der Waals surface area contributed by atoms with Gasteiger partial charge in [0.2, 0.25) is 11.8 Å². The van der Waals surface area contributed by atoms with E-state index in [0.717, 1.165) is 28.8 Å². The van der Waals surface area contributed by atoms with Crippen molar-refractivity contribution in [3.63, 3.8) is 0 Å². The van der Waals surface area contributed by atoms with Crippen LogP contribution in [0.5, 0.6) is 0 Å². The zero-order valence-corrected chi connectivity index (χ0v) is 22.8. The molecule has 3 aromatic heterocycles. The second kappa shape index (κ2) is 12.9. The Kier molecular flexibility index (Phi) is 9.58. The zero-order chi connectivity index (χ0) is 28.7. The summed E-state index contributed by atoms with van der Waals surface area (Å²) in [4.78, 5) is 62.8. The number of rotatable bonds is 11. The molecule has 208 valence electrons. The quantitative estimate of drug-likeness (QED) is 0.273. The summed E-state index contributed by atoms with van der Waals surface area (Å²) in [5, 5.41) is 13.9. The Morgan fingerprint density at radius 2 is 1.97 bits per heavy atom. The van der Waals surface area contributed by atoms with Gasteiger partial charge in [-0.15, -0.1) is 0 Å². The lowest BCUT2D eigenvalue weighted by Gasteiger charge is -2.16. The van der Waals surface area contributed by atoms with E-state index in [2.05, 4.69) is 39.4 Å². The van der Waals surface area contributed by atoms with Crippen LogP contribution in [0.15, 0.2) is 41.3 Å². The van der Waals surface area contributed by atoms with E-state index in [0.29, 0.717) is 11.7 Å². The number of aromatic amines is 1. The fraction of sp³-hybridized carbons (Fsp3) is 0.407. The molecule has 3 amide bonds. The lowest BCUT2D eigenvalue weighted by Crippen LogP contribution is -2.44. The van der Waals surface area contributed by atoms with Gasteiger partial charge in [0, 0.05) is 26.0 Å². The highest BCUT2D eigenvalue weighted by molar-refractivity contribution is 5.96.